The van der Waals surface area contributed by atoms with Crippen LogP contribution in [-0.2, 0) is 6.42 Å². The molecule has 0 spiro atoms. The molecule has 1 aliphatic rings. The molecule has 0 saturated heterocycles. The lowest BCUT2D eigenvalue weighted by molar-refractivity contribution is 0.325. The third kappa shape index (κ3) is 5.98. The molecule has 4 nitrogen and oxygen atoms in total. The van der Waals surface area contributed by atoms with Crippen LogP contribution in [0.5, 0.6) is 0 Å². The molecule has 0 amide bonds. The van der Waals surface area contributed by atoms with Crippen molar-refractivity contribution in [1.29, 1.82) is 0 Å². The van der Waals surface area contributed by atoms with E-state index in [0.29, 0.717) is 6.04 Å². The summed E-state index contributed by atoms with van der Waals surface area (Å²) >= 11 is 3.50. The number of halogens is 1. The second-order valence-corrected chi connectivity index (χ2v) is 9.80. The van der Waals surface area contributed by atoms with E-state index in [9.17, 15) is 0 Å². The Kier molecular flexibility index (Phi) is 7.46. The average Bonchev–Trinajstić information content (AvgIpc) is 2.78. The van der Waals surface area contributed by atoms with Crippen molar-refractivity contribution in [2.75, 3.05) is 37.4 Å². The molecule has 4 rings (SSSR count). The number of pyridine rings is 1. The zero-order valence-corrected chi connectivity index (χ0v) is 20.2. The van der Waals surface area contributed by atoms with Crippen molar-refractivity contribution in [3.05, 3.63) is 64.6 Å². The van der Waals surface area contributed by atoms with Crippen LogP contribution in [0.25, 0.3) is 10.9 Å². The first-order chi connectivity index (χ1) is 15.1. The lowest BCUT2D eigenvalue weighted by Crippen LogP contribution is -2.32. The van der Waals surface area contributed by atoms with Crippen molar-refractivity contribution in [3.63, 3.8) is 0 Å². The van der Waals surface area contributed by atoms with Crippen molar-refractivity contribution in [2.45, 2.75) is 38.1 Å². The highest BCUT2D eigenvalue weighted by Gasteiger charge is 2.21. The topological polar surface area (TPSA) is 40.2 Å². The minimum Gasteiger partial charge on any atom is -0.377 e. The number of nitrogens with one attached hydrogen (secondary N) is 2. The molecule has 2 aromatic carbocycles. The van der Waals surface area contributed by atoms with Crippen LogP contribution < -0.4 is 15.5 Å². The molecule has 0 bridgehead atoms. The van der Waals surface area contributed by atoms with Gasteiger partial charge in [-0.3, -0.25) is 0 Å². The Labute approximate surface area is 194 Å². The summed E-state index contributed by atoms with van der Waals surface area (Å²) in [6.07, 6.45) is 6.07. The van der Waals surface area contributed by atoms with Crippen LogP contribution in [-0.4, -0.2) is 38.2 Å². The summed E-state index contributed by atoms with van der Waals surface area (Å²) in [5.74, 6) is 1.78. The minimum atomic E-state index is 0.516. The highest BCUT2D eigenvalue weighted by atomic mass is 79.9. The first kappa shape index (κ1) is 22.1. The number of hydrogen-bond acceptors (Lipinski definition) is 4. The smallest absolute Gasteiger partial charge is 0.128 e. The lowest BCUT2D eigenvalue weighted by Gasteiger charge is -2.30. The van der Waals surface area contributed by atoms with Gasteiger partial charge in [0.05, 0.1) is 5.52 Å². The Morgan fingerprint density at radius 1 is 1.00 bits per heavy atom. The van der Waals surface area contributed by atoms with E-state index in [4.69, 9.17) is 4.98 Å². The summed E-state index contributed by atoms with van der Waals surface area (Å²) in [5.41, 5.74) is 3.67. The summed E-state index contributed by atoms with van der Waals surface area (Å²) in [4.78, 5) is 7.05. The van der Waals surface area contributed by atoms with Gasteiger partial charge in [0.15, 0.2) is 0 Å². The van der Waals surface area contributed by atoms with Crippen molar-refractivity contribution in [3.8, 4) is 0 Å². The molecule has 5 heteroatoms. The molecule has 1 aromatic heterocycles. The van der Waals surface area contributed by atoms with Gasteiger partial charge in [0, 0.05) is 41.7 Å². The second-order valence-electron chi connectivity index (χ2n) is 8.88. The number of anilines is 2. The first-order valence-corrected chi connectivity index (χ1v) is 12.2. The first-order valence-electron chi connectivity index (χ1n) is 11.4. The quantitative estimate of drug-likeness (QED) is 0.395. The molecule has 0 atom stereocenters. The van der Waals surface area contributed by atoms with Gasteiger partial charge in [-0.25, -0.2) is 4.98 Å². The molecule has 31 heavy (non-hydrogen) atoms. The van der Waals surface area contributed by atoms with Crippen molar-refractivity contribution < 1.29 is 0 Å². The van der Waals surface area contributed by atoms with Crippen LogP contribution in [0, 0.1) is 5.92 Å². The van der Waals surface area contributed by atoms with Crippen LogP contribution in [0.3, 0.4) is 0 Å². The molecule has 3 aromatic rings. The predicted octanol–water partition coefficient (Wildman–Crippen LogP) is 5.87. The van der Waals surface area contributed by atoms with Crippen LogP contribution in [0.4, 0.5) is 11.5 Å². The fraction of sp³-hybridized carbons (Fsp3) is 0.423. The highest BCUT2D eigenvalue weighted by Crippen LogP contribution is 2.30. The molecule has 1 saturated carbocycles. The Balaban J connectivity index is 1.24. The predicted molar refractivity (Wildman–Crippen MR) is 136 cm³/mol. The largest absolute Gasteiger partial charge is 0.377 e. The third-order valence-corrected chi connectivity index (χ3v) is 6.84. The molecule has 2 N–H and O–H groups in total. The molecule has 0 aliphatic heterocycles. The van der Waals surface area contributed by atoms with Gasteiger partial charge < -0.3 is 15.5 Å². The summed E-state index contributed by atoms with van der Waals surface area (Å²) in [6.45, 7) is 2.18. The van der Waals surface area contributed by atoms with Gasteiger partial charge in [-0.2, -0.15) is 0 Å². The van der Waals surface area contributed by atoms with Crippen molar-refractivity contribution >= 4 is 38.3 Å². The second kappa shape index (κ2) is 10.5. The molecule has 0 radical (unpaired) electrons. The van der Waals surface area contributed by atoms with Crippen LogP contribution in [0.2, 0.25) is 0 Å². The van der Waals surface area contributed by atoms with Crippen molar-refractivity contribution in [2.24, 2.45) is 5.92 Å². The van der Waals surface area contributed by atoms with E-state index < -0.39 is 0 Å². The number of fused-ring (bicyclic) bond motifs is 1. The molecule has 1 heterocycles. The normalized spacial score (nSPS) is 18.8. The summed E-state index contributed by atoms with van der Waals surface area (Å²) in [5, 5.41) is 8.60. The van der Waals surface area contributed by atoms with E-state index in [-0.39, 0.29) is 0 Å². The number of para-hydroxylation sites is 1. The zero-order chi connectivity index (χ0) is 21.6. The number of benzene rings is 2. The highest BCUT2D eigenvalue weighted by molar-refractivity contribution is 9.10. The van der Waals surface area contributed by atoms with Gasteiger partial charge in [-0.05, 0) is 74.9 Å². The standard InChI is InChI=1S/C26H33BrN4/c1-31(2)25-17-26(30-24-6-4-3-5-23(24)25)29-22-13-9-20(10-14-22)18-28-16-15-19-7-11-21(27)12-8-19/h3-8,11-12,17,20,22,28H,9-10,13-16,18H2,1-2H3,(H,29,30). The van der Waals surface area contributed by atoms with Gasteiger partial charge in [0.2, 0.25) is 0 Å². The molecule has 1 fully saturated rings. The third-order valence-electron chi connectivity index (χ3n) is 6.31. The van der Waals surface area contributed by atoms with Gasteiger partial charge in [-0.15, -0.1) is 0 Å². The molecule has 164 valence electrons. The van der Waals surface area contributed by atoms with E-state index in [1.807, 2.05) is 0 Å². The van der Waals surface area contributed by atoms with E-state index in [1.165, 1.54) is 42.3 Å². The maximum atomic E-state index is 4.87. The Bertz CT molecular complexity index is 978. The van der Waals surface area contributed by atoms with Gasteiger partial charge in [0.25, 0.3) is 0 Å². The summed E-state index contributed by atoms with van der Waals surface area (Å²) in [6, 6.07) is 19.7. The number of aromatic nitrogens is 1. The van der Waals surface area contributed by atoms with Crippen LogP contribution in [0.15, 0.2) is 59.1 Å². The van der Waals surface area contributed by atoms with Gasteiger partial charge in [0.1, 0.15) is 5.82 Å². The monoisotopic (exact) mass is 480 g/mol. The number of rotatable bonds is 8. The maximum absolute atomic E-state index is 4.87. The van der Waals surface area contributed by atoms with E-state index in [2.05, 4.69) is 100 Å². The van der Waals surface area contributed by atoms with Gasteiger partial charge >= 0.3 is 0 Å². The molecule has 1 aliphatic carbocycles. The summed E-state index contributed by atoms with van der Waals surface area (Å²) < 4.78 is 1.14. The number of nitrogens with zero attached hydrogens (tertiary/aromatic N) is 2. The summed E-state index contributed by atoms with van der Waals surface area (Å²) in [7, 11) is 4.20. The van der Waals surface area contributed by atoms with Crippen LogP contribution in [0.1, 0.15) is 31.2 Å². The molecular weight excluding hydrogens is 448 g/mol. The average molecular weight is 481 g/mol. The van der Waals surface area contributed by atoms with E-state index in [1.54, 1.807) is 0 Å². The van der Waals surface area contributed by atoms with E-state index >= 15 is 0 Å². The maximum Gasteiger partial charge on any atom is 0.128 e. The fourth-order valence-corrected chi connectivity index (χ4v) is 4.78. The Morgan fingerprint density at radius 2 is 1.74 bits per heavy atom. The van der Waals surface area contributed by atoms with Crippen LogP contribution >= 0.6 is 15.9 Å². The molecular formula is C26H33BrN4. The van der Waals surface area contributed by atoms with Gasteiger partial charge in [-0.1, -0.05) is 46.3 Å². The number of hydrogen-bond donors (Lipinski definition) is 2. The SMILES string of the molecule is CN(C)c1cc(NC2CCC(CNCCc3ccc(Br)cc3)CC2)nc2ccccc12. The molecule has 0 unspecified atom stereocenters. The van der Waals surface area contributed by atoms with E-state index in [0.717, 1.165) is 41.2 Å². The lowest BCUT2D eigenvalue weighted by atomic mass is 9.86. The Morgan fingerprint density at radius 3 is 2.48 bits per heavy atom. The Hall–Kier alpha value is -2.11. The minimum absolute atomic E-state index is 0.516. The fourth-order valence-electron chi connectivity index (χ4n) is 4.51. The zero-order valence-electron chi connectivity index (χ0n) is 18.6. The van der Waals surface area contributed by atoms with Crippen molar-refractivity contribution in [1.82, 2.24) is 10.3 Å².